The van der Waals surface area contributed by atoms with E-state index in [0.717, 1.165) is 96.3 Å². The molecule has 5 nitrogen and oxygen atoms in total. The number of aliphatic hydroxyl groups excluding tert-OH is 1. The summed E-state index contributed by atoms with van der Waals surface area (Å²) in [6.45, 7) is 4.02. The van der Waals surface area contributed by atoms with E-state index in [4.69, 9.17) is 9.47 Å². The highest BCUT2D eigenvalue weighted by atomic mass is 16.6. The molecule has 0 aromatic carbocycles. The number of carbonyl (C=O) groups is 2. The van der Waals surface area contributed by atoms with E-state index in [9.17, 15) is 14.7 Å². The van der Waals surface area contributed by atoms with Gasteiger partial charge in [0.1, 0.15) is 6.61 Å². The number of hydrogen-bond acceptors (Lipinski definition) is 5. The van der Waals surface area contributed by atoms with Crippen molar-refractivity contribution in [1.82, 2.24) is 0 Å². The predicted octanol–water partition coefficient (Wildman–Crippen LogP) is 19.9. The molecule has 0 saturated carbocycles. The van der Waals surface area contributed by atoms with E-state index in [1.54, 1.807) is 0 Å². The molecule has 0 bridgehead atoms. The quantitative estimate of drug-likeness (QED) is 0.0374. The van der Waals surface area contributed by atoms with Gasteiger partial charge in [-0.1, -0.05) is 257 Å². The second-order valence-electron chi connectivity index (χ2n) is 19.0. The highest BCUT2D eigenvalue weighted by Gasteiger charge is 2.16. The lowest BCUT2D eigenvalue weighted by atomic mass is 10.0. The lowest BCUT2D eigenvalue weighted by molar-refractivity contribution is -0.161. The summed E-state index contributed by atoms with van der Waals surface area (Å²) in [6.07, 6.45) is 87.4. The molecule has 398 valence electrons. The van der Waals surface area contributed by atoms with E-state index in [1.807, 2.05) is 0 Å². The molecule has 70 heavy (non-hydrogen) atoms. The summed E-state index contributed by atoms with van der Waals surface area (Å²) in [5.41, 5.74) is 0. The number of unbranched alkanes of at least 4 members (excludes halogenated alkanes) is 24. The van der Waals surface area contributed by atoms with Crippen LogP contribution in [0.15, 0.2) is 122 Å². The summed E-state index contributed by atoms with van der Waals surface area (Å²) in [5.74, 6) is -0.602. The van der Waals surface area contributed by atoms with Gasteiger partial charge in [-0.3, -0.25) is 9.59 Å². The number of rotatable bonds is 52. The van der Waals surface area contributed by atoms with Gasteiger partial charge in [0.25, 0.3) is 0 Å². The molecule has 0 amide bonds. The Kier molecular flexibility index (Phi) is 56.5. The van der Waals surface area contributed by atoms with Gasteiger partial charge in [-0.15, -0.1) is 0 Å². The molecular formula is C65H108O5. The van der Waals surface area contributed by atoms with Crippen LogP contribution in [0.5, 0.6) is 0 Å². The Balaban J connectivity index is 3.56. The van der Waals surface area contributed by atoms with E-state index < -0.39 is 6.10 Å². The summed E-state index contributed by atoms with van der Waals surface area (Å²) in [4.78, 5) is 24.5. The van der Waals surface area contributed by atoms with Crippen molar-refractivity contribution in [3.63, 3.8) is 0 Å². The minimum atomic E-state index is -0.785. The molecule has 0 fully saturated rings. The van der Waals surface area contributed by atoms with Crippen LogP contribution in [-0.4, -0.2) is 36.4 Å². The van der Waals surface area contributed by atoms with E-state index in [2.05, 4.69) is 135 Å². The normalized spacial score (nSPS) is 13.1. The zero-order chi connectivity index (χ0) is 50.6. The van der Waals surface area contributed by atoms with Crippen LogP contribution >= 0.6 is 0 Å². The fourth-order valence-electron chi connectivity index (χ4n) is 7.90. The van der Waals surface area contributed by atoms with Crippen molar-refractivity contribution < 1.29 is 24.2 Å². The predicted molar refractivity (Wildman–Crippen MR) is 306 cm³/mol. The third-order valence-electron chi connectivity index (χ3n) is 12.2. The van der Waals surface area contributed by atoms with Crippen LogP contribution in [0.3, 0.4) is 0 Å². The third-order valence-corrected chi connectivity index (χ3v) is 12.2. The number of esters is 2. The molecule has 0 saturated heterocycles. The van der Waals surface area contributed by atoms with Gasteiger partial charge in [0.15, 0.2) is 6.10 Å². The molecule has 0 heterocycles. The first-order valence-corrected chi connectivity index (χ1v) is 29.1. The topological polar surface area (TPSA) is 72.8 Å². The van der Waals surface area contributed by atoms with E-state index in [-0.39, 0.29) is 25.2 Å². The molecule has 1 unspecified atom stereocenters. The maximum atomic E-state index is 12.3. The van der Waals surface area contributed by atoms with Gasteiger partial charge in [-0.25, -0.2) is 0 Å². The summed E-state index contributed by atoms with van der Waals surface area (Å²) in [6, 6.07) is 0. The summed E-state index contributed by atoms with van der Waals surface area (Å²) in [5, 5.41) is 9.66. The smallest absolute Gasteiger partial charge is 0.306 e. The average molecular weight is 970 g/mol. The Morgan fingerprint density at radius 1 is 0.343 bits per heavy atom. The Bertz CT molecular complexity index is 1420. The first kappa shape index (κ1) is 66.3. The Morgan fingerprint density at radius 3 is 0.929 bits per heavy atom. The molecular weight excluding hydrogens is 861 g/mol. The van der Waals surface area contributed by atoms with Crippen LogP contribution in [-0.2, 0) is 19.1 Å². The van der Waals surface area contributed by atoms with Crippen LogP contribution < -0.4 is 0 Å². The van der Waals surface area contributed by atoms with Crippen molar-refractivity contribution in [2.24, 2.45) is 0 Å². The van der Waals surface area contributed by atoms with Gasteiger partial charge in [-0.05, 0) is 109 Å². The minimum Gasteiger partial charge on any atom is -0.462 e. The number of aliphatic hydroxyl groups is 1. The van der Waals surface area contributed by atoms with Gasteiger partial charge in [-0.2, -0.15) is 0 Å². The van der Waals surface area contributed by atoms with Crippen molar-refractivity contribution in [1.29, 1.82) is 0 Å². The van der Waals surface area contributed by atoms with Gasteiger partial charge in [0.2, 0.25) is 0 Å². The molecule has 0 aliphatic rings. The highest BCUT2D eigenvalue weighted by molar-refractivity contribution is 5.70. The molecule has 0 aromatic heterocycles. The van der Waals surface area contributed by atoms with Crippen LogP contribution in [0, 0.1) is 0 Å². The van der Waals surface area contributed by atoms with Crippen molar-refractivity contribution in [3.8, 4) is 0 Å². The van der Waals surface area contributed by atoms with E-state index >= 15 is 0 Å². The molecule has 0 aromatic rings. The van der Waals surface area contributed by atoms with Crippen LogP contribution in [0.25, 0.3) is 0 Å². The molecule has 0 aliphatic heterocycles. The first-order valence-electron chi connectivity index (χ1n) is 29.1. The summed E-state index contributed by atoms with van der Waals surface area (Å²) in [7, 11) is 0. The van der Waals surface area contributed by atoms with Crippen LogP contribution in [0.2, 0.25) is 0 Å². The van der Waals surface area contributed by atoms with Gasteiger partial charge >= 0.3 is 11.9 Å². The number of ether oxygens (including phenoxy) is 2. The average Bonchev–Trinajstić information content (AvgIpc) is 3.36. The monoisotopic (exact) mass is 969 g/mol. The fourth-order valence-corrected chi connectivity index (χ4v) is 7.90. The number of hydrogen-bond donors (Lipinski definition) is 1. The molecule has 1 atom stereocenters. The summed E-state index contributed by atoms with van der Waals surface area (Å²) < 4.78 is 10.7. The van der Waals surface area contributed by atoms with Gasteiger partial charge in [0.05, 0.1) is 6.61 Å². The molecule has 0 radical (unpaired) electrons. The first-order chi connectivity index (χ1) is 34.6. The molecule has 1 N–H and O–H groups in total. The Hall–Kier alpha value is -3.70. The Labute approximate surface area is 433 Å². The summed E-state index contributed by atoms with van der Waals surface area (Å²) >= 11 is 0. The lowest BCUT2D eigenvalue weighted by Gasteiger charge is -2.15. The van der Waals surface area contributed by atoms with Crippen molar-refractivity contribution in [2.45, 2.75) is 264 Å². The van der Waals surface area contributed by atoms with Crippen LogP contribution in [0.4, 0.5) is 0 Å². The van der Waals surface area contributed by atoms with Crippen molar-refractivity contribution >= 4 is 11.9 Å². The standard InChI is InChI=1S/C65H108O5/c1-3-5-7-9-11-13-15-17-19-21-23-25-26-27-28-29-30-31-32-33-34-35-36-37-38-40-42-44-46-48-50-52-54-56-58-60-65(68)70-63(61-66)62-69-64(67)59-57-55-53-51-49-47-45-43-41-39-24-22-20-18-16-14-12-10-8-6-4-2/h5,7,11,13,16-19,22-25,27-28,30-31,33-34,36-37,63,66H,3-4,6,8-10,12,14-15,20-21,26,29,32,35,38-62H2,1-2H3/b7-5-,13-11-,18-16-,19-17-,24-22-,25-23-,28-27-,31-30-,34-33-,37-36-. The molecule has 5 heteroatoms. The largest absolute Gasteiger partial charge is 0.462 e. The SMILES string of the molecule is CC/C=C\C/C=C\C/C=C\C/C=C\C/C=C\C/C=C\C/C=C\C/C=C\CCCCCCCCCCCCC(=O)OC(CO)COC(=O)CCCCCCCCCCC/C=C\C/C=C\CCCCCCC. The second kappa shape index (κ2) is 59.6. The number of allylic oxidation sites excluding steroid dienone is 20. The lowest BCUT2D eigenvalue weighted by Crippen LogP contribution is -2.28. The zero-order valence-electron chi connectivity index (χ0n) is 45.5. The van der Waals surface area contributed by atoms with Crippen molar-refractivity contribution in [2.75, 3.05) is 13.2 Å². The minimum absolute atomic E-state index is 0.0751. The van der Waals surface area contributed by atoms with Crippen LogP contribution in [0.1, 0.15) is 258 Å². The fraction of sp³-hybridized carbons (Fsp3) is 0.662. The number of carbonyl (C=O) groups excluding carboxylic acids is 2. The molecule has 0 spiro atoms. The van der Waals surface area contributed by atoms with Gasteiger partial charge in [0, 0.05) is 12.8 Å². The van der Waals surface area contributed by atoms with E-state index in [0.29, 0.717) is 12.8 Å². The van der Waals surface area contributed by atoms with Crippen molar-refractivity contribution in [3.05, 3.63) is 122 Å². The van der Waals surface area contributed by atoms with E-state index in [1.165, 1.54) is 135 Å². The second-order valence-corrected chi connectivity index (χ2v) is 19.0. The molecule has 0 aliphatic carbocycles. The molecule has 0 rings (SSSR count). The highest BCUT2D eigenvalue weighted by Crippen LogP contribution is 2.15. The third kappa shape index (κ3) is 56.9. The zero-order valence-corrected chi connectivity index (χ0v) is 45.5. The Morgan fingerprint density at radius 2 is 0.614 bits per heavy atom. The maximum absolute atomic E-state index is 12.3. The maximum Gasteiger partial charge on any atom is 0.306 e. The van der Waals surface area contributed by atoms with Gasteiger partial charge < -0.3 is 14.6 Å².